The van der Waals surface area contributed by atoms with E-state index in [1.807, 2.05) is 20.8 Å². The molecule has 1 aliphatic heterocycles. The quantitative estimate of drug-likeness (QED) is 0.796. The first kappa shape index (κ1) is 16.4. The molecule has 3 heterocycles. The Morgan fingerprint density at radius 2 is 2.17 bits per heavy atom. The Kier molecular flexibility index (Phi) is 4.49. The minimum atomic E-state index is -0.181. The summed E-state index contributed by atoms with van der Waals surface area (Å²) in [6.45, 7) is 8.13. The van der Waals surface area contributed by atoms with Gasteiger partial charge in [0, 0.05) is 29.7 Å². The number of nitrogens with zero attached hydrogens (tertiary/aromatic N) is 4. The normalized spacial score (nSPS) is 18.2. The standard InChI is InChI=1S/C17H23N7/c1-17(2,3)24-15-14-11(7-13(8-18)21-15)9-20-16(23-14)22-12-5-4-6-19-10-12/h7,9,12,19H,4-6,10H2,1-3H3,(H,21,24)(H,20,22,23)/t12-/m0/s1. The van der Waals surface area contributed by atoms with Crippen LogP contribution >= 0.6 is 0 Å². The van der Waals surface area contributed by atoms with Gasteiger partial charge in [0.1, 0.15) is 17.3 Å². The van der Waals surface area contributed by atoms with Gasteiger partial charge < -0.3 is 16.0 Å². The second-order valence-electron chi connectivity index (χ2n) is 7.16. The molecule has 0 radical (unpaired) electrons. The largest absolute Gasteiger partial charge is 0.364 e. The van der Waals surface area contributed by atoms with Gasteiger partial charge in [-0.25, -0.2) is 15.0 Å². The smallest absolute Gasteiger partial charge is 0.223 e. The highest BCUT2D eigenvalue weighted by Crippen LogP contribution is 2.24. The van der Waals surface area contributed by atoms with Crippen LogP contribution in [0, 0.1) is 11.3 Å². The van der Waals surface area contributed by atoms with Gasteiger partial charge in [0.05, 0.1) is 0 Å². The third kappa shape index (κ3) is 3.89. The average molecular weight is 325 g/mol. The number of fused-ring (bicyclic) bond motifs is 1. The van der Waals surface area contributed by atoms with E-state index in [-0.39, 0.29) is 5.54 Å². The first-order valence-electron chi connectivity index (χ1n) is 8.28. The summed E-state index contributed by atoms with van der Waals surface area (Å²) in [4.78, 5) is 13.4. The predicted octanol–water partition coefficient (Wildman–Crippen LogP) is 2.27. The second kappa shape index (κ2) is 6.57. The van der Waals surface area contributed by atoms with Crippen molar-refractivity contribution < 1.29 is 0 Å². The molecule has 1 fully saturated rings. The molecule has 1 aliphatic rings. The zero-order valence-electron chi connectivity index (χ0n) is 14.3. The van der Waals surface area contributed by atoms with E-state index in [4.69, 9.17) is 0 Å². The van der Waals surface area contributed by atoms with Gasteiger partial charge >= 0.3 is 0 Å². The number of rotatable bonds is 3. The molecule has 1 atom stereocenters. The molecule has 2 aromatic heterocycles. The number of pyridine rings is 1. The number of aromatic nitrogens is 3. The first-order chi connectivity index (χ1) is 11.4. The van der Waals surface area contributed by atoms with E-state index in [0.29, 0.717) is 23.5 Å². The Morgan fingerprint density at radius 1 is 1.33 bits per heavy atom. The molecule has 7 heteroatoms. The van der Waals surface area contributed by atoms with Gasteiger partial charge in [0.2, 0.25) is 5.95 Å². The van der Waals surface area contributed by atoms with Gasteiger partial charge in [0.25, 0.3) is 0 Å². The fourth-order valence-electron chi connectivity index (χ4n) is 2.77. The highest BCUT2D eigenvalue weighted by molar-refractivity contribution is 5.89. The van der Waals surface area contributed by atoms with Gasteiger partial charge in [-0.2, -0.15) is 5.26 Å². The lowest BCUT2D eigenvalue weighted by Crippen LogP contribution is -2.38. The monoisotopic (exact) mass is 325 g/mol. The van der Waals surface area contributed by atoms with Crippen LogP contribution in [0.25, 0.3) is 10.9 Å². The SMILES string of the molecule is CC(C)(C)Nc1nc(C#N)cc2cnc(N[C@H]3CCCNC3)nc12. The molecule has 0 spiro atoms. The zero-order valence-corrected chi connectivity index (χ0v) is 14.3. The van der Waals surface area contributed by atoms with Gasteiger partial charge in [-0.15, -0.1) is 0 Å². The molecule has 0 unspecified atom stereocenters. The predicted molar refractivity (Wildman–Crippen MR) is 94.9 cm³/mol. The molecular formula is C17H23N7. The van der Waals surface area contributed by atoms with Crippen molar-refractivity contribution in [2.24, 2.45) is 0 Å². The highest BCUT2D eigenvalue weighted by Gasteiger charge is 2.17. The fraction of sp³-hybridized carbons (Fsp3) is 0.529. The van der Waals surface area contributed by atoms with E-state index in [2.05, 4.69) is 37.0 Å². The molecule has 0 aliphatic carbocycles. The molecule has 0 bridgehead atoms. The van der Waals surface area contributed by atoms with Crippen molar-refractivity contribution in [2.75, 3.05) is 23.7 Å². The molecule has 7 nitrogen and oxygen atoms in total. The van der Waals surface area contributed by atoms with Crippen molar-refractivity contribution >= 4 is 22.7 Å². The maximum absolute atomic E-state index is 9.19. The average Bonchev–Trinajstić information content (AvgIpc) is 2.54. The molecule has 24 heavy (non-hydrogen) atoms. The van der Waals surface area contributed by atoms with Crippen molar-refractivity contribution in [3.63, 3.8) is 0 Å². The van der Waals surface area contributed by atoms with Gasteiger partial charge in [-0.1, -0.05) is 0 Å². The number of anilines is 2. The maximum atomic E-state index is 9.19. The number of hydrogen-bond acceptors (Lipinski definition) is 7. The van der Waals surface area contributed by atoms with Crippen molar-refractivity contribution in [2.45, 2.75) is 45.2 Å². The molecule has 0 saturated carbocycles. The van der Waals surface area contributed by atoms with Crippen molar-refractivity contribution in [1.29, 1.82) is 5.26 Å². The summed E-state index contributed by atoms with van der Waals surface area (Å²) < 4.78 is 0. The lowest BCUT2D eigenvalue weighted by Gasteiger charge is -2.24. The van der Waals surface area contributed by atoms with E-state index in [9.17, 15) is 5.26 Å². The number of piperidine rings is 1. The third-order valence-corrected chi connectivity index (χ3v) is 3.80. The number of hydrogen-bond donors (Lipinski definition) is 3. The van der Waals surface area contributed by atoms with Crippen LogP contribution in [-0.2, 0) is 0 Å². The van der Waals surface area contributed by atoms with E-state index in [0.717, 1.165) is 36.8 Å². The summed E-state index contributed by atoms with van der Waals surface area (Å²) in [5.41, 5.74) is 0.903. The Labute approximate surface area is 141 Å². The fourth-order valence-corrected chi connectivity index (χ4v) is 2.77. The van der Waals surface area contributed by atoms with Crippen LogP contribution in [0.5, 0.6) is 0 Å². The molecule has 2 aromatic rings. The molecule has 3 N–H and O–H groups in total. The summed E-state index contributed by atoms with van der Waals surface area (Å²) in [7, 11) is 0. The number of nitrogens with one attached hydrogen (secondary N) is 3. The number of nitriles is 1. The van der Waals surface area contributed by atoms with Crippen LogP contribution in [0.15, 0.2) is 12.3 Å². The van der Waals surface area contributed by atoms with Crippen LogP contribution in [-0.4, -0.2) is 39.6 Å². The molecule has 0 aromatic carbocycles. The van der Waals surface area contributed by atoms with Crippen LogP contribution in [0.2, 0.25) is 0 Å². The Hall–Kier alpha value is -2.46. The van der Waals surface area contributed by atoms with Crippen LogP contribution in [0.4, 0.5) is 11.8 Å². The summed E-state index contributed by atoms with van der Waals surface area (Å²) in [6, 6.07) is 4.15. The first-order valence-corrected chi connectivity index (χ1v) is 8.28. The van der Waals surface area contributed by atoms with E-state index < -0.39 is 0 Å². The van der Waals surface area contributed by atoms with E-state index >= 15 is 0 Å². The Bertz CT molecular complexity index is 767. The highest BCUT2D eigenvalue weighted by atomic mass is 15.1. The van der Waals surface area contributed by atoms with Crippen molar-refractivity contribution in [3.05, 3.63) is 18.0 Å². The van der Waals surface area contributed by atoms with Gasteiger partial charge in [-0.05, 0) is 46.2 Å². The molecule has 3 rings (SSSR count). The topological polar surface area (TPSA) is 98.5 Å². The van der Waals surface area contributed by atoms with E-state index in [1.165, 1.54) is 0 Å². The molecule has 126 valence electrons. The summed E-state index contributed by atoms with van der Waals surface area (Å²) in [6.07, 6.45) is 4.00. The lowest BCUT2D eigenvalue weighted by atomic mass is 10.1. The van der Waals surface area contributed by atoms with Crippen molar-refractivity contribution in [3.8, 4) is 6.07 Å². The maximum Gasteiger partial charge on any atom is 0.223 e. The molecule has 1 saturated heterocycles. The Balaban J connectivity index is 1.97. The van der Waals surface area contributed by atoms with Gasteiger partial charge in [0.15, 0.2) is 5.82 Å². The summed E-state index contributed by atoms with van der Waals surface area (Å²) in [5, 5.41) is 20.1. The lowest BCUT2D eigenvalue weighted by molar-refractivity contribution is 0.478. The molecular weight excluding hydrogens is 302 g/mol. The van der Waals surface area contributed by atoms with E-state index in [1.54, 1.807) is 12.3 Å². The van der Waals surface area contributed by atoms with Crippen LogP contribution in [0.1, 0.15) is 39.3 Å². The molecule has 0 amide bonds. The Morgan fingerprint density at radius 3 is 2.83 bits per heavy atom. The minimum absolute atomic E-state index is 0.181. The third-order valence-electron chi connectivity index (χ3n) is 3.80. The zero-order chi connectivity index (χ0) is 17.2. The van der Waals surface area contributed by atoms with Crippen LogP contribution in [0.3, 0.4) is 0 Å². The second-order valence-corrected chi connectivity index (χ2v) is 7.16. The summed E-state index contributed by atoms with van der Waals surface area (Å²) >= 11 is 0. The van der Waals surface area contributed by atoms with Crippen LogP contribution < -0.4 is 16.0 Å². The summed E-state index contributed by atoms with van der Waals surface area (Å²) in [5.74, 6) is 1.21. The van der Waals surface area contributed by atoms with Crippen molar-refractivity contribution in [1.82, 2.24) is 20.3 Å². The minimum Gasteiger partial charge on any atom is -0.364 e. The van der Waals surface area contributed by atoms with Gasteiger partial charge in [-0.3, -0.25) is 0 Å².